The molecule has 28 heavy (non-hydrogen) atoms. The number of para-hydroxylation sites is 1. The van der Waals surface area contributed by atoms with E-state index in [1.807, 2.05) is 36.4 Å². The summed E-state index contributed by atoms with van der Waals surface area (Å²) in [5.74, 6) is 1.87. The summed E-state index contributed by atoms with van der Waals surface area (Å²) in [6.07, 6.45) is 0.827. The van der Waals surface area contributed by atoms with E-state index in [-0.39, 0.29) is 0 Å². The van der Waals surface area contributed by atoms with Crippen molar-refractivity contribution in [3.05, 3.63) is 63.6 Å². The highest BCUT2D eigenvalue weighted by atomic mass is 79.9. The van der Waals surface area contributed by atoms with Crippen LogP contribution in [0.4, 0.5) is 5.95 Å². The average molecular weight is 474 g/mol. The lowest BCUT2D eigenvalue weighted by Gasteiger charge is -2.09. The molecular weight excluding hydrogens is 460 g/mol. The van der Waals surface area contributed by atoms with Crippen LogP contribution in [0, 0.1) is 0 Å². The van der Waals surface area contributed by atoms with Gasteiger partial charge in [-0.2, -0.15) is 0 Å². The number of hydrogen-bond acceptors (Lipinski definition) is 5. The SMILES string of the molecule is Nc1nnc(-c2cc3c(s2)-c2ccc(Br)cc2OCC3)n1-c1ccccc1Cl. The third-order valence-electron chi connectivity index (χ3n) is 4.63. The lowest BCUT2D eigenvalue weighted by molar-refractivity contribution is 0.326. The Bertz CT molecular complexity index is 1200. The highest BCUT2D eigenvalue weighted by Crippen LogP contribution is 2.44. The minimum absolute atomic E-state index is 0.305. The summed E-state index contributed by atoms with van der Waals surface area (Å²) < 4.78 is 8.73. The Morgan fingerprint density at radius 3 is 2.86 bits per heavy atom. The fraction of sp³-hybridized carbons (Fsp3) is 0.100. The third kappa shape index (κ3) is 2.90. The number of aromatic nitrogens is 3. The zero-order valence-corrected chi connectivity index (χ0v) is 17.7. The van der Waals surface area contributed by atoms with Gasteiger partial charge in [-0.05, 0) is 42.0 Å². The molecule has 1 aliphatic heterocycles. The maximum atomic E-state index is 6.40. The van der Waals surface area contributed by atoms with Gasteiger partial charge in [-0.15, -0.1) is 21.5 Å². The Morgan fingerprint density at radius 2 is 2.00 bits per heavy atom. The van der Waals surface area contributed by atoms with Gasteiger partial charge in [-0.25, -0.2) is 0 Å². The van der Waals surface area contributed by atoms with Gasteiger partial charge in [0, 0.05) is 21.3 Å². The van der Waals surface area contributed by atoms with Gasteiger partial charge in [0.1, 0.15) is 5.75 Å². The van der Waals surface area contributed by atoms with Crippen LogP contribution in [0.1, 0.15) is 5.56 Å². The van der Waals surface area contributed by atoms with E-state index in [1.165, 1.54) is 10.4 Å². The molecule has 2 aromatic carbocycles. The first-order chi connectivity index (χ1) is 13.6. The van der Waals surface area contributed by atoms with Crippen LogP contribution in [0.5, 0.6) is 5.75 Å². The summed E-state index contributed by atoms with van der Waals surface area (Å²) >= 11 is 11.6. The molecule has 140 valence electrons. The number of nitrogens with zero attached hydrogens (tertiary/aromatic N) is 3. The van der Waals surface area contributed by atoms with Crippen molar-refractivity contribution < 1.29 is 4.74 Å². The summed E-state index contributed by atoms with van der Waals surface area (Å²) in [6, 6.07) is 15.8. The van der Waals surface area contributed by atoms with Crippen molar-refractivity contribution in [3.8, 4) is 32.6 Å². The van der Waals surface area contributed by atoms with Crippen LogP contribution >= 0.6 is 38.9 Å². The molecule has 5 nitrogen and oxygen atoms in total. The highest BCUT2D eigenvalue weighted by molar-refractivity contribution is 9.10. The van der Waals surface area contributed by atoms with E-state index in [0.29, 0.717) is 23.4 Å². The third-order valence-corrected chi connectivity index (χ3v) is 6.65. The maximum Gasteiger partial charge on any atom is 0.227 e. The maximum absolute atomic E-state index is 6.40. The second-order valence-corrected chi connectivity index (χ2v) is 8.75. The summed E-state index contributed by atoms with van der Waals surface area (Å²) in [5.41, 5.74) is 9.21. The Morgan fingerprint density at radius 1 is 1.14 bits per heavy atom. The van der Waals surface area contributed by atoms with Crippen LogP contribution < -0.4 is 10.5 Å². The first-order valence-electron chi connectivity index (χ1n) is 8.63. The van der Waals surface area contributed by atoms with Crippen molar-refractivity contribution in [1.29, 1.82) is 0 Å². The van der Waals surface area contributed by atoms with Gasteiger partial charge in [0.25, 0.3) is 0 Å². The highest BCUT2D eigenvalue weighted by Gasteiger charge is 2.23. The van der Waals surface area contributed by atoms with Crippen molar-refractivity contribution in [2.45, 2.75) is 6.42 Å². The smallest absolute Gasteiger partial charge is 0.227 e. The van der Waals surface area contributed by atoms with Gasteiger partial charge < -0.3 is 10.5 Å². The van der Waals surface area contributed by atoms with Crippen molar-refractivity contribution in [3.63, 3.8) is 0 Å². The fourth-order valence-electron chi connectivity index (χ4n) is 3.35. The molecule has 2 N–H and O–H groups in total. The van der Waals surface area contributed by atoms with E-state index >= 15 is 0 Å². The molecule has 0 saturated heterocycles. The summed E-state index contributed by atoms with van der Waals surface area (Å²) in [6.45, 7) is 0.631. The first kappa shape index (κ1) is 17.7. The molecule has 3 heterocycles. The van der Waals surface area contributed by atoms with E-state index in [0.717, 1.165) is 32.8 Å². The molecule has 0 amide bonds. The van der Waals surface area contributed by atoms with Crippen LogP contribution in [0.2, 0.25) is 5.02 Å². The lowest BCUT2D eigenvalue weighted by atomic mass is 10.1. The summed E-state index contributed by atoms with van der Waals surface area (Å²) in [7, 11) is 0. The molecule has 0 spiro atoms. The topological polar surface area (TPSA) is 66.0 Å². The summed E-state index contributed by atoms with van der Waals surface area (Å²) in [4.78, 5) is 2.17. The number of rotatable bonds is 2. The normalized spacial score (nSPS) is 12.8. The van der Waals surface area contributed by atoms with Crippen molar-refractivity contribution in [2.24, 2.45) is 0 Å². The molecule has 0 aliphatic carbocycles. The van der Waals surface area contributed by atoms with Gasteiger partial charge in [0.15, 0.2) is 5.82 Å². The second kappa shape index (κ2) is 6.92. The fourth-order valence-corrected chi connectivity index (χ4v) is 5.13. The van der Waals surface area contributed by atoms with E-state index in [1.54, 1.807) is 15.9 Å². The van der Waals surface area contributed by atoms with E-state index in [4.69, 9.17) is 22.1 Å². The molecule has 1 aliphatic rings. The molecular formula is C20H14BrClN4OS. The molecule has 0 radical (unpaired) electrons. The van der Waals surface area contributed by atoms with Crippen molar-refractivity contribution in [1.82, 2.24) is 14.8 Å². The van der Waals surface area contributed by atoms with Gasteiger partial charge in [0.2, 0.25) is 5.95 Å². The molecule has 0 saturated carbocycles. The molecule has 0 fully saturated rings. The molecule has 2 aromatic heterocycles. The van der Waals surface area contributed by atoms with Gasteiger partial charge in [0.05, 0.1) is 22.2 Å². The monoisotopic (exact) mass is 472 g/mol. The zero-order chi connectivity index (χ0) is 19.3. The molecule has 0 bridgehead atoms. The minimum atomic E-state index is 0.305. The zero-order valence-electron chi connectivity index (χ0n) is 14.5. The van der Waals surface area contributed by atoms with Crippen molar-refractivity contribution in [2.75, 3.05) is 12.3 Å². The predicted molar refractivity (Wildman–Crippen MR) is 116 cm³/mol. The number of thiophene rings is 1. The van der Waals surface area contributed by atoms with E-state index in [9.17, 15) is 0 Å². The molecule has 0 atom stereocenters. The predicted octanol–water partition coefficient (Wildman–Crippen LogP) is 5.60. The number of nitrogen functional groups attached to an aromatic ring is 1. The Labute approximate surface area is 178 Å². The van der Waals surface area contributed by atoms with Crippen molar-refractivity contribution >= 4 is 44.8 Å². The van der Waals surface area contributed by atoms with Crippen LogP contribution in [0.3, 0.4) is 0 Å². The Hall–Kier alpha value is -2.35. The quantitative estimate of drug-likeness (QED) is 0.412. The summed E-state index contributed by atoms with van der Waals surface area (Å²) in [5, 5.41) is 9.03. The Kier molecular flexibility index (Phi) is 4.38. The molecule has 5 rings (SSSR count). The molecule has 4 aromatic rings. The van der Waals surface area contributed by atoms with Crippen LogP contribution in [0.25, 0.3) is 26.8 Å². The number of benzene rings is 2. The van der Waals surface area contributed by atoms with Gasteiger partial charge >= 0.3 is 0 Å². The number of halogens is 2. The standard InChI is InChI=1S/C20H14BrClN4OS/c21-12-5-6-13-16(10-12)27-8-7-11-9-17(28-18(11)13)19-24-25-20(23)26(19)15-4-2-1-3-14(15)22/h1-6,9-10H,7-8H2,(H2,23,25). The lowest BCUT2D eigenvalue weighted by Crippen LogP contribution is -2.03. The molecule has 0 unspecified atom stereocenters. The van der Waals surface area contributed by atoms with Crippen LogP contribution in [-0.4, -0.2) is 21.4 Å². The Balaban J connectivity index is 1.68. The number of ether oxygens (including phenoxy) is 1. The van der Waals surface area contributed by atoms with Gasteiger partial charge in [-0.3, -0.25) is 4.57 Å². The second-order valence-electron chi connectivity index (χ2n) is 6.37. The number of anilines is 1. The first-order valence-corrected chi connectivity index (χ1v) is 10.6. The number of hydrogen-bond donors (Lipinski definition) is 1. The van der Waals surface area contributed by atoms with E-state index < -0.39 is 0 Å². The minimum Gasteiger partial charge on any atom is -0.493 e. The molecule has 8 heteroatoms. The number of fused-ring (bicyclic) bond motifs is 3. The van der Waals surface area contributed by atoms with Crippen LogP contribution in [-0.2, 0) is 6.42 Å². The van der Waals surface area contributed by atoms with Crippen LogP contribution in [0.15, 0.2) is 53.0 Å². The average Bonchev–Trinajstić information content (AvgIpc) is 3.22. The largest absolute Gasteiger partial charge is 0.493 e. The van der Waals surface area contributed by atoms with E-state index in [2.05, 4.69) is 38.3 Å². The van der Waals surface area contributed by atoms with Gasteiger partial charge in [-0.1, -0.05) is 39.7 Å². The number of nitrogens with two attached hydrogens (primary N) is 1.